The Morgan fingerprint density at radius 2 is 2.16 bits per heavy atom. The second-order valence-corrected chi connectivity index (χ2v) is 3.87. The fourth-order valence-electron chi connectivity index (χ4n) is 1.36. The van der Waals surface area contributed by atoms with Crippen molar-refractivity contribution in [3.8, 4) is 23.4 Å². The molecule has 0 aliphatic heterocycles. The first-order valence-electron chi connectivity index (χ1n) is 5.18. The molecule has 0 radical (unpaired) electrons. The number of hydrogen-bond acceptors (Lipinski definition) is 6. The molecule has 2 N–H and O–H groups in total. The van der Waals surface area contributed by atoms with Crippen LogP contribution in [0, 0.1) is 11.3 Å². The Kier molecular flexibility index (Phi) is 3.68. The van der Waals surface area contributed by atoms with E-state index in [9.17, 15) is 0 Å². The van der Waals surface area contributed by atoms with E-state index in [1.54, 1.807) is 18.2 Å². The number of methoxy groups -OCH3 is 1. The number of ether oxygens (including phenoxy) is 2. The average molecular weight is 277 g/mol. The van der Waals surface area contributed by atoms with Gasteiger partial charge in [-0.15, -0.1) is 0 Å². The van der Waals surface area contributed by atoms with E-state index in [4.69, 9.17) is 32.1 Å². The molecule has 0 saturated carbocycles. The van der Waals surface area contributed by atoms with Crippen LogP contribution in [-0.2, 0) is 0 Å². The number of nitriles is 1. The smallest absolute Gasteiger partial charge is 0.243 e. The number of nitrogen functional groups attached to an aromatic ring is 1. The Labute approximate surface area is 114 Å². The quantitative estimate of drug-likeness (QED) is 0.925. The monoisotopic (exact) mass is 276 g/mol. The summed E-state index contributed by atoms with van der Waals surface area (Å²) in [5.41, 5.74) is 5.92. The highest BCUT2D eigenvalue weighted by atomic mass is 35.5. The lowest BCUT2D eigenvalue weighted by atomic mass is 10.2. The summed E-state index contributed by atoms with van der Waals surface area (Å²) < 4.78 is 10.7. The number of nitrogens with zero attached hydrogens (tertiary/aromatic N) is 3. The fourth-order valence-corrected chi connectivity index (χ4v) is 1.49. The van der Waals surface area contributed by atoms with Gasteiger partial charge in [0.25, 0.3) is 0 Å². The van der Waals surface area contributed by atoms with E-state index in [2.05, 4.69) is 9.97 Å². The lowest BCUT2D eigenvalue weighted by Crippen LogP contribution is -1.98. The number of halogens is 1. The van der Waals surface area contributed by atoms with Crippen molar-refractivity contribution < 1.29 is 9.47 Å². The van der Waals surface area contributed by atoms with E-state index < -0.39 is 0 Å². The minimum Gasteiger partial charge on any atom is -0.493 e. The van der Waals surface area contributed by atoms with Crippen LogP contribution < -0.4 is 15.2 Å². The summed E-state index contributed by atoms with van der Waals surface area (Å²) in [6, 6.07) is 6.74. The van der Waals surface area contributed by atoms with Crippen molar-refractivity contribution in [2.75, 3.05) is 12.8 Å². The highest BCUT2D eigenvalue weighted by Crippen LogP contribution is 2.34. The summed E-state index contributed by atoms with van der Waals surface area (Å²) in [5.74, 6) is 0.943. The third-order valence-corrected chi connectivity index (χ3v) is 2.49. The summed E-state index contributed by atoms with van der Waals surface area (Å²) in [4.78, 5) is 7.61. The van der Waals surface area contributed by atoms with E-state index >= 15 is 0 Å². The van der Waals surface area contributed by atoms with Crippen LogP contribution in [0.5, 0.6) is 17.4 Å². The van der Waals surface area contributed by atoms with Crippen LogP contribution in [0.3, 0.4) is 0 Å². The van der Waals surface area contributed by atoms with Crippen LogP contribution in [0.25, 0.3) is 0 Å². The number of anilines is 1. The first kappa shape index (κ1) is 12.9. The van der Waals surface area contributed by atoms with Crippen LogP contribution in [0.2, 0.25) is 5.02 Å². The number of rotatable bonds is 3. The minimum atomic E-state index is 0.0482. The molecule has 0 atom stereocenters. The molecule has 0 unspecified atom stereocenters. The van der Waals surface area contributed by atoms with Gasteiger partial charge >= 0.3 is 0 Å². The molecule has 0 bridgehead atoms. The first-order valence-corrected chi connectivity index (χ1v) is 5.56. The maximum absolute atomic E-state index is 8.81. The van der Waals surface area contributed by atoms with Crippen molar-refractivity contribution in [3.63, 3.8) is 0 Å². The minimum absolute atomic E-state index is 0.0482. The number of nitrogens with two attached hydrogens (primary N) is 1. The van der Waals surface area contributed by atoms with Crippen molar-refractivity contribution in [1.82, 2.24) is 9.97 Å². The second kappa shape index (κ2) is 5.42. The van der Waals surface area contributed by atoms with Gasteiger partial charge in [-0.1, -0.05) is 11.6 Å². The zero-order valence-electron chi connectivity index (χ0n) is 9.92. The molecule has 1 aromatic heterocycles. The Bertz CT molecular complexity index is 655. The molecule has 7 heteroatoms. The maximum atomic E-state index is 8.81. The summed E-state index contributed by atoms with van der Waals surface area (Å²) in [7, 11) is 1.47. The first-order chi connectivity index (χ1) is 9.13. The van der Waals surface area contributed by atoms with Crippen molar-refractivity contribution in [1.29, 1.82) is 5.26 Å². The molecule has 0 aliphatic rings. The molecule has 2 rings (SSSR count). The number of hydrogen-bond donors (Lipinski definition) is 1. The molecule has 96 valence electrons. The Balaban J connectivity index is 2.38. The number of benzene rings is 1. The molecule has 0 fully saturated rings. The third-order valence-electron chi connectivity index (χ3n) is 2.23. The normalized spacial score (nSPS) is 9.74. The average Bonchev–Trinajstić information content (AvgIpc) is 2.43. The predicted octanol–water partition coefficient (Wildman–Crippen LogP) is 2.38. The molecule has 0 saturated heterocycles. The predicted molar refractivity (Wildman–Crippen MR) is 69.2 cm³/mol. The van der Waals surface area contributed by atoms with Gasteiger partial charge in [-0.2, -0.15) is 10.2 Å². The van der Waals surface area contributed by atoms with Crippen molar-refractivity contribution in [3.05, 3.63) is 35.0 Å². The Morgan fingerprint density at radius 3 is 2.84 bits per heavy atom. The largest absolute Gasteiger partial charge is 0.493 e. The van der Waals surface area contributed by atoms with Gasteiger partial charge in [-0.25, -0.2) is 4.98 Å². The van der Waals surface area contributed by atoms with Gasteiger partial charge in [0, 0.05) is 6.07 Å². The molecule has 2 aromatic rings. The number of aromatic nitrogens is 2. The van der Waals surface area contributed by atoms with Crippen molar-refractivity contribution in [2.45, 2.75) is 0 Å². The fraction of sp³-hybridized carbons (Fsp3) is 0.0833. The van der Waals surface area contributed by atoms with Crippen LogP contribution in [0.4, 0.5) is 5.95 Å². The molecule has 6 nitrogen and oxygen atoms in total. The Hall–Kier alpha value is -2.52. The Morgan fingerprint density at radius 1 is 1.37 bits per heavy atom. The molecule has 0 spiro atoms. The molecule has 1 aromatic carbocycles. The summed E-state index contributed by atoms with van der Waals surface area (Å²) in [6.45, 7) is 0. The van der Waals surface area contributed by atoms with E-state index in [1.807, 2.05) is 6.07 Å². The molecule has 1 heterocycles. The van der Waals surface area contributed by atoms with Gasteiger partial charge in [0.15, 0.2) is 11.5 Å². The van der Waals surface area contributed by atoms with Gasteiger partial charge in [0.05, 0.1) is 24.9 Å². The van der Waals surface area contributed by atoms with Crippen LogP contribution in [0.1, 0.15) is 5.56 Å². The maximum Gasteiger partial charge on any atom is 0.243 e. The van der Waals surface area contributed by atoms with E-state index in [0.717, 1.165) is 0 Å². The van der Waals surface area contributed by atoms with E-state index in [1.165, 1.54) is 13.3 Å². The summed E-state index contributed by atoms with van der Waals surface area (Å²) >= 11 is 5.90. The lowest BCUT2D eigenvalue weighted by molar-refractivity contribution is 0.374. The van der Waals surface area contributed by atoms with Crippen molar-refractivity contribution in [2.24, 2.45) is 0 Å². The van der Waals surface area contributed by atoms with Crippen LogP contribution >= 0.6 is 11.6 Å². The van der Waals surface area contributed by atoms with E-state index in [-0.39, 0.29) is 16.9 Å². The van der Waals surface area contributed by atoms with E-state index in [0.29, 0.717) is 17.1 Å². The zero-order valence-corrected chi connectivity index (χ0v) is 10.7. The summed E-state index contributed by atoms with van der Waals surface area (Å²) in [6.07, 6.45) is 1.34. The standard InChI is InChI=1S/C12H9ClN4O2/c1-18-10-4-7(5-14)2-3-9(10)19-11-8(13)6-16-12(15)17-11/h2-4,6H,1H3,(H2,15,16,17). The molecule has 0 aliphatic carbocycles. The highest BCUT2D eigenvalue weighted by Gasteiger charge is 2.11. The topological polar surface area (TPSA) is 94.0 Å². The molecular formula is C12H9ClN4O2. The van der Waals surface area contributed by atoms with Gasteiger partial charge in [-0.05, 0) is 12.1 Å². The highest BCUT2D eigenvalue weighted by molar-refractivity contribution is 6.31. The van der Waals surface area contributed by atoms with Crippen LogP contribution in [-0.4, -0.2) is 17.1 Å². The summed E-state index contributed by atoms with van der Waals surface area (Å²) in [5, 5.41) is 9.04. The third kappa shape index (κ3) is 2.84. The molecule has 19 heavy (non-hydrogen) atoms. The van der Waals surface area contributed by atoms with Gasteiger partial charge in [0.1, 0.15) is 5.02 Å². The van der Waals surface area contributed by atoms with Crippen molar-refractivity contribution >= 4 is 17.5 Å². The van der Waals surface area contributed by atoms with Crippen LogP contribution in [0.15, 0.2) is 24.4 Å². The van der Waals surface area contributed by atoms with Gasteiger partial charge in [-0.3, -0.25) is 0 Å². The SMILES string of the molecule is COc1cc(C#N)ccc1Oc1nc(N)ncc1Cl. The molecule has 0 amide bonds. The van der Waals surface area contributed by atoms with Gasteiger partial charge < -0.3 is 15.2 Å². The second-order valence-electron chi connectivity index (χ2n) is 3.46. The lowest BCUT2D eigenvalue weighted by Gasteiger charge is -2.10. The zero-order chi connectivity index (χ0) is 13.8. The van der Waals surface area contributed by atoms with Gasteiger partial charge in [0.2, 0.25) is 11.8 Å². The molecular weight excluding hydrogens is 268 g/mol.